The molecule has 37 heavy (non-hydrogen) atoms. The summed E-state index contributed by atoms with van der Waals surface area (Å²) in [7, 11) is -0.863. The van der Waals surface area contributed by atoms with E-state index < -0.39 is 8.32 Å². The molecule has 0 aliphatic rings. The molecule has 0 saturated heterocycles. The van der Waals surface area contributed by atoms with Crippen molar-refractivity contribution < 1.29 is 18.7 Å². The van der Waals surface area contributed by atoms with Crippen molar-refractivity contribution in [2.45, 2.75) is 64.7 Å². The average molecular weight is 519 g/mol. The van der Waals surface area contributed by atoms with Crippen molar-refractivity contribution in [2.75, 3.05) is 13.7 Å². The van der Waals surface area contributed by atoms with Gasteiger partial charge in [0.15, 0.2) is 0 Å². The molecule has 5 heteroatoms. The lowest BCUT2D eigenvalue weighted by Gasteiger charge is -2.43. The Bertz CT molecular complexity index is 1020. The zero-order valence-corrected chi connectivity index (χ0v) is 24.0. The number of benzene rings is 3. The van der Waals surface area contributed by atoms with Gasteiger partial charge in [0.25, 0.3) is 8.32 Å². The molecule has 198 valence electrons. The maximum absolute atomic E-state index is 11.6. The molecule has 0 bridgehead atoms. The predicted octanol–water partition coefficient (Wildman–Crippen LogP) is 6.16. The van der Waals surface area contributed by atoms with Crippen molar-refractivity contribution in [3.05, 3.63) is 90.5 Å². The molecule has 2 atom stereocenters. The number of ether oxygens (including phenoxy) is 2. The average Bonchev–Trinajstić information content (AvgIpc) is 2.92. The van der Waals surface area contributed by atoms with Crippen molar-refractivity contribution in [1.82, 2.24) is 0 Å². The summed E-state index contributed by atoms with van der Waals surface area (Å²) in [6.45, 7) is 9.99. The van der Waals surface area contributed by atoms with E-state index in [-0.39, 0.29) is 17.1 Å². The van der Waals surface area contributed by atoms with Crippen LogP contribution in [0.2, 0.25) is 5.04 Å². The van der Waals surface area contributed by atoms with Gasteiger partial charge in [0.1, 0.15) is 12.0 Å². The van der Waals surface area contributed by atoms with Gasteiger partial charge < -0.3 is 18.7 Å². The van der Waals surface area contributed by atoms with Crippen molar-refractivity contribution >= 4 is 25.0 Å². The van der Waals surface area contributed by atoms with E-state index in [4.69, 9.17) is 13.9 Å². The first-order valence-electron chi connectivity index (χ1n) is 13.3. The topological polar surface area (TPSA) is 44.8 Å². The van der Waals surface area contributed by atoms with E-state index in [0.29, 0.717) is 13.2 Å². The molecule has 3 aromatic carbocycles. The van der Waals surface area contributed by atoms with Gasteiger partial charge in [0, 0.05) is 12.5 Å². The molecule has 0 heterocycles. The van der Waals surface area contributed by atoms with Gasteiger partial charge in [0.05, 0.1) is 19.8 Å². The summed E-state index contributed by atoms with van der Waals surface area (Å²) >= 11 is 0. The molecular weight excluding hydrogens is 476 g/mol. The Morgan fingerprint density at radius 1 is 0.838 bits per heavy atom. The smallest absolute Gasteiger partial charge is 0.261 e. The third kappa shape index (κ3) is 7.41. The maximum atomic E-state index is 11.6. The molecule has 0 spiro atoms. The molecule has 0 aliphatic carbocycles. The van der Waals surface area contributed by atoms with Gasteiger partial charge in [-0.1, -0.05) is 100 Å². The summed E-state index contributed by atoms with van der Waals surface area (Å²) in [6, 6.07) is 29.3. The lowest BCUT2D eigenvalue weighted by molar-refractivity contribution is -0.116. The van der Waals surface area contributed by atoms with Crippen LogP contribution in [0, 0.1) is 5.92 Å². The van der Waals surface area contributed by atoms with Crippen LogP contribution in [0.1, 0.15) is 52.5 Å². The molecule has 0 N–H and O–H groups in total. The predicted molar refractivity (Wildman–Crippen MR) is 154 cm³/mol. The van der Waals surface area contributed by atoms with Gasteiger partial charge in [-0.25, -0.2) is 0 Å². The number of aldehydes is 1. The normalized spacial score (nSPS) is 13.6. The number of carbonyl (C=O) groups is 1. The Balaban J connectivity index is 1.65. The van der Waals surface area contributed by atoms with Crippen molar-refractivity contribution in [3.63, 3.8) is 0 Å². The van der Waals surface area contributed by atoms with Crippen LogP contribution in [0.3, 0.4) is 0 Å². The quantitative estimate of drug-likeness (QED) is 0.146. The Labute approximate surface area is 224 Å². The number of rotatable bonds is 14. The minimum Gasteiger partial charge on any atom is -0.497 e. The van der Waals surface area contributed by atoms with Crippen LogP contribution in [-0.4, -0.2) is 34.4 Å². The van der Waals surface area contributed by atoms with E-state index in [1.54, 1.807) is 7.11 Å². The molecular formula is C32H42O4Si. The van der Waals surface area contributed by atoms with Crippen LogP contribution in [0.5, 0.6) is 5.75 Å². The minimum absolute atomic E-state index is 0.0360. The summed E-state index contributed by atoms with van der Waals surface area (Å²) in [5.41, 5.74) is 1.07. The van der Waals surface area contributed by atoms with Crippen LogP contribution in [0.25, 0.3) is 0 Å². The van der Waals surface area contributed by atoms with Gasteiger partial charge in [-0.2, -0.15) is 0 Å². The van der Waals surface area contributed by atoms with Gasteiger partial charge in [0.2, 0.25) is 0 Å². The molecule has 0 aromatic heterocycles. The third-order valence-electron chi connectivity index (χ3n) is 7.04. The van der Waals surface area contributed by atoms with Gasteiger partial charge in [-0.15, -0.1) is 0 Å². The highest BCUT2D eigenvalue weighted by Gasteiger charge is 2.49. The Morgan fingerprint density at radius 3 is 1.89 bits per heavy atom. The van der Waals surface area contributed by atoms with E-state index >= 15 is 0 Å². The zero-order valence-electron chi connectivity index (χ0n) is 23.0. The molecule has 0 saturated carbocycles. The molecule has 0 fully saturated rings. The Kier molecular flexibility index (Phi) is 10.7. The fraction of sp³-hybridized carbons (Fsp3) is 0.406. The highest BCUT2D eigenvalue weighted by Crippen LogP contribution is 2.36. The molecule has 3 aromatic rings. The highest BCUT2D eigenvalue weighted by atomic mass is 28.4. The molecule has 4 nitrogen and oxygen atoms in total. The largest absolute Gasteiger partial charge is 0.497 e. The van der Waals surface area contributed by atoms with Crippen LogP contribution in [-0.2, 0) is 20.6 Å². The number of methoxy groups -OCH3 is 1. The van der Waals surface area contributed by atoms with Crippen molar-refractivity contribution in [2.24, 2.45) is 5.92 Å². The first kappa shape index (κ1) is 28.8. The standard InChI is InChI=1S/C32H42O4Si/c1-26(24-33)31(35-25-27-19-21-28(34-5)22-20-27)18-12-13-23-36-37(32(2,3)4,29-14-8-6-9-15-29)30-16-10-7-11-17-30/h6-11,14-17,19-22,24,26,31H,12-13,18,23,25H2,1-5H3/t26-,31-/m0/s1. The highest BCUT2D eigenvalue weighted by molar-refractivity contribution is 6.99. The fourth-order valence-electron chi connectivity index (χ4n) is 4.95. The summed E-state index contributed by atoms with van der Waals surface area (Å²) in [5, 5.41) is 2.55. The molecule has 0 unspecified atom stereocenters. The number of hydrogen-bond donors (Lipinski definition) is 0. The molecule has 3 rings (SSSR count). The lowest BCUT2D eigenvalue weighted by atomic mass is 10.0. The first-order valence-corrected chi connectivity index (χ1v) is 15.2. The van der Waals surface area contributed by atoms with Crippen LogP contribution >= 0.6 is 0 Å². The summed E-state index contributed by atoms with van der Waals surface area (Å²) in [5.74, 6) is 0.665. The number of unbranched alkanes of at least 4 members (excludes halogenated alkanes) is 1. The van der Waals surface area contributed by atoms with Crippen LogP contribution in [0.15, 0.2) is 84.9 Å². The molecule has 0 amide bonds. The number of carbonyl (C=O) groups excluding carboxylic acids is 1. The summed E-state index contributed by atoms with van der Waals surface area (Å²) in [4.78, 5) is 11.6. The fourth-order valence-corrected chi connectivity index (χ4v) is 9.55. The zero-order chi connectivity index (χ0) is 26.7. The summed E-state index contributed by atoms with van der Waals surface area (Å²) in [6.07, 6.45) is 3.55. The van der Waals surface area contributed by atoms with Crippen molar-refractivity contribution in [1.29, 1.82) is 0 Å². The van der Waals surface area contributed by atoms with E-state index in [9.17, 15) is 4.79 Å². The van der Waals surface area contributed by atoms with Gasteiger partial charge in [-0.3, -0.25) is 0 Å². The van der Waals surface area contributed by atoms with E-state index in [2.05, 4.69) is 81.4 Å². The summed E-state index contributed by atoms with van der Waals surface area (Å²) < 4.78 is 18.4. The monoisotopic (exact) mass is 518 g/mol. The first-order chi connectivity index (χ1) is 17.8. The second-order valence-corrected chi connectivity index (χ2v) is 15.0. The van der Waals surface area contributed by atoms with E-state index in [0.717, 1.165) is 36.9 Å². The third-order valence-corrected chi connectivity index (χ3v) is 12.1. The molecule has 0 radical (unpaired) electrons. The van der Waals surface area contributed by atoms with Crippen molar-refractivity contribution in [3.8, 4) is 5.75 Å². The van der Waals surface area contributed by atoms with Crippen LogP contribution in [0.4, 0.5) is 0 Å². The van der Waals surface area contributed by atoms with Crippen LogP contribution < -0.4 is 15.1 Å². The Morgan fingerprint density at radius 2 is 1.41 bits per heavy atom. The minimum atomic E-state index is -2.52. The lowest BCUT2D eigenvalue weighted by Crippen LogP contribution is -2.66. The Hall–Kier alpha value is -2.73. The maximum Gasteiger partial charge on any atom is 0.261 e. The van der Waals surface area contributed by atoms with E-state index in [1.165, 1.54) is 10.4 Å². The molecule has 0 aliphatic heterocycles. The second-order valence-electron chi connectivity index (χ2n) is 10.7. The SMILES string of the molecule is COc1ccc(CO[C@@H](CCCCO[Si](c2ccccc2)(c2ccccc2)C(C)(C)C)[C@@H](C)C=O)cc1. The number of hydrogen-bond acceptors (Lipinski definition) is 4. The van der Waals surface area contributed by atoms with Gasteiger partial charge >= 0.3 is 0 Å². The van der Waals surface area contributed by atoms with E-state index in [1.807, 2.05) is 31.2 Å². The second kappa shape index (κ2) is 13.7. The van der Waals surface area contributed by atoms with Gasteiger partial charge in [-0.05, 0) is 52.4 Å².